The van der Waals surface area contributed by atoms with Crippen molar-refractivity contribution in [1.82, 2.24) is 0 Å². The van der Waals surface area contributed by atoms with E-state index in [9.17, 15) is 10.1 Å². The molecule has 1 aliphatic rings. The summed E-state index contributed by atoms with van der Waals surface area (Å²) in [5.74, 6) is -0.245. The van der Waals surface area contributed by atoms with Crippen LogP contribution in [0.5, 0.6) is 11.5 Å². The van der Waals surface area contributed by atoms with Crippen LogP contribution in [0.3, 0.4) is 0 Å². The van der Waals surface area contributed by atoms with Crippen molar-refractivity contribution in [2.24, 2.45) is 5.73 Å². The monoisotopic (exact) mass is 442 g/mol. The molecule has 2 aromatic carbocycles. The van der Waals surface area contributed by atoms with E-state index >= 15 is 0 Å². The van der Waals surface area contributed by atoms with E-state index < -0.39 is 5.97 Å². The molecule has 4 rings (SSSR count). The number of halogens is 2. The molecule has 0 saturated carbocycles. The molecule has 2 N–H and O–H groups in total. The second kappa shape index (κ2) is 7.80. The highest BCUT2D eigenvalue weighted by Crippen LogP contribution is 2.44. The predicted molar refractivity (Wildman–Crippen MR) is 111 cm³/mol. The van der Waals surface area contributed by atoms with E-state index in [0.717, 1.165) is 10.4 Å². The first-order chi connectivity index (χ1) is 14.0. The number of nitrogens with two attached hydrogens (primary N) is 1. The van der Waals surface area contributed by atoms with E-state index in [4.69, 9.17) is 38.4 Å². The number of carbonyl (C=O) groups excluding carboxylic acids is 1. The summed E-state index contributed by atoms with van der Waals surface area (Å²) in [5.41, 5.74) is 7.28. The molecule has 0 amide bonds. The highest BCUT2D eigenvalue weighted by atomic mass is 35.5. The van der Waals surface area contributed by atoms with Crippen LogP contribution < -0.4 is 15.2 Å². The van der Waals surface area contributed by atoms with Crippen LogP contribution in [-0.2, 0) is 0 Å². The van der Waals surface area contributed by atoms with E-state index in [0.29, 0.717) is 16.3 Å². The third kappa shape index (κ3) is 3.68. The number of fused-ring (bicyclic) bond motifs is 1. The molecule has 29 heavy (non-hydrogen) atoms. The lowest BCUT2D eigenvalue weighted by atomic mass is 9.88. The summed E-state index contributed by atoms with van der Waals surface area (Å²) in [4.78, 5) is 13.4. The minimum atomic E-state index is -0.626. The summed E-state index contributed by atoms with van der Waals surface area (Å²) in [6.07, 6.45) is 0. The molecule has 1 aromatic heterocycles. The Labute approximate surface area is 180 Å². The molecule has 0 aliphatic carbocycles. The van der Waals surface area contributed by atoms with Crippen molar-refractivity contribution in [2.45, 2.75) is 5.92 Å². The quantitative estimate of drug-likeness (QED) is 0.427. The molecule has 3 aromatic rings. The zero-order chi connectivity index (χ0) is 20.5. The van der Waals surface area contributed by atoms with Crippen molar-refractivity contribution >= 4 is 40.5 Å². The van der Waals surface area contributed by atoms with E-state index in [-0.39, 0.29) is 28.1 Å². The molecule has 1 atom stereocenters. The van der Waals surface area contributed by atoms with Gasteiger partial charge in [-0.25, -0.2) is 4.79 Å². The Kier molecular flexibility index (Phi) is 5.20. The summed E-state index contributed by atoms with van der Waals surface area (Å²) in [6, 6.07) is 15.5. The maximum atomic E-state index is 12.5. The van der Waals surface area contributed by atoms with Gasteiger partial charge in [-0.15, -0.1) is 11.3 Å². The summed E-state index contributed by atoms with van der Waals surface area (Å²) in [5, 5.41) is 12.1. The molecule has 144 valence electrons. The molecule has 0 fully saturated rings. The fourth-order valence-corrected chi connectivity index (χ4v) is 4.40. The summed E-state index contributed by atoms with van der Waals surface area (Å²) in [6.45, 7) is 0. The van der Waals surface area contributed by atoms with Crippen molar-refractivity contribution in [1.29, 1.82) is 5.26 Å². The largest absolute Gasteiger partial charge is 0.440 e. The summed E-state index contributed by atoms with van der Waals surface area (Å²) < 4.78 is 11.1. The summed E-state index contributed by atoms with van der Waals surface area (Å²) in [7, 11) is 0. The Hall–Kier alpha value is -2.98. The van der Waals surface area contributed by atoms with E-state index in [1.54, 1.807) is 24.3 Å². The smallest absolute Gasteiger partial charge is 0.345 e. The third-order valence-corrected chi connectivity index (χ3v) is 5.86. The number of thiophene rings is 1. The lowest BCUT2D eigenvalue weighted by Gasteiger charge is -2.25. The molecule has 0 spiro atoms. The number of carbonyl (C=O) groups is 1. The SMILES string of the molecule is N#CC1=C(N)Oc2cc(OC(=O)c3ccc(Cl)cc3Cl)ccc2C1c1cccs1. The topological polar surface area (TPSA) is 85.3 Å². The molecule has 1 aliphatic heterocycles. The lowest BCUT2D eigenvalue weighted by molar-refractivity contribution is 0.0734. The number of nitrogens with zero attached hydrogens (tertiary/aromatic N) is 1. The van der Waals surface area contributed by atoms with Gasteiger partial charge in [0.15, 0.2) is 0 Å². The Balaban J connectivity index is 1.67. The van der Waals surface area contributed by atoms with Crippen LogP contribution in [0.1, 0.15) is 26.7 Å². The molecular formula is C21H12Cl2N2O3S. The second-order valence-electron chi connectivity index (χ2n) is 6.15. The van der Waals surface area contributed by atoms with Crippen LogP contribution in [0.4, 0.5) is 0 Å². The molecule has 0 radical (unpaired) electrons. The van der Waals surface area contributed by atoms with Gasteiger partial charge in [0.05, 0.1) is 16.5 Å². The highest BCUT2D eigenvalue weighted by molar-refractivity contribution is 7.10. The van der Waals surface area contributed by atoms with Crippen LogP contribution in [0.25, 0.3) is 0 Å². The van der Waals surface area contributed by atoms with Crippen molar-refractivity contribution in [3.63, 3.8) is 0 Å². The number of nitriles is 1. The van der Waals surface area contributed by atoms with E-state index in [2.05, 4.69) is 6.07 Å². The Morgan fingerprint density at radius 1 is 1.21 bits per heavy atom. The normalized spacial score (nSPS) is 15.3. The standard InChI is InChI=1S/C21H12Cl2N2O3S/c22-11-3-5-13(16(23)8-11)21(26)27-12-4-6-14-17(9-12)28-20(25)15(10-24)19(14)18-2-1-7-29-18/h1-9,19H,25H2. The number of allylic oxidation sites excluding steroid dienone is 1. The van der Waals surface area contributed by atoms with Gasteiger partial charge in [0.2, 0.25) is 5.88 Å². The predicted octanol–water partition coefficient (Wildman–Crippen LogP) is 5.49. The minimum Gasteiger partial charge on any atom is -0.440 e. The zero-order valence-corrected chi connectivity index (χ0v) is 17.0. The average molecular weight is 443 g/mol. The highest BCUT2D eigenvalue weighted by Gasteiger charge is 2.31. The van der Waals surface area contributed by atoms with Gasteiger partial charge in [-0.2, -0.15) is 5.26 Å². The van der Waals surface area contributed by atoms with Gasteiger partial charge in [-0.1, -0.05) is 35.3 Å². The summed E-state index contributed by atoms with van der Waals surface area (Å²) >= 11 is 13.5. The Morgan fingerprint density at radius 3 is 2.72 bits per heavy atom. The lowest BCUT2D eigenvalue weighted by Crippen LogP contribution is -2.20. The van der Waals surface area contributed by atoms with E-state index in [1.165, 1.54) is 23.5 Å². The Bertz CT molecular complexity index is 1180. The first-order valence-corrected chi connectivity index (χ1v) is 10.0. The number of hydrogen-bond acceptors (Lipinski definition) is 6. The van der Waals surface area contributed by atoms with Gasteiger partial charge in [0, 0.05) is 21.5 Å². The first kappa shape index (κ1) is 19.3. The third-order valence-electron chi connectivity index (χ3n) is 4.38. The molecule has 0 bridgehead atoms. The molecule has 0 saturated heterocycles. The number of esters is 1. The van der Waals surface area contributed by atoms with Gasteiger partial charge in [0.1, 0.15) is 23.1 Å². The van der Waals surface area contributed by atoms with Crippen LogP contribution in [0, 0.1) is 11.3 Å². The van der Waals surface area contributed by atoms with Gasteiger partial charge < -0.3 is 15.2 Å². The van der Waals surface area contributed by atoms with Crippen LogP contribution in [0.2, 0.25) is 10.0 Å². The maximum absolute atomic E-state index is 12.5. The van der Waals surface area contributed by atoms with E-state index in [1.807, 2.05) is 17.5 Å². The van der Waals surface area contributed by atoms with Crippen LogP contribution >= 0.6 is 34.5 Å². The Morgan fingerprint density at radius 2 is 2.03 bits per heavy atom. The van der Waals surface area contributed by atoms with Crippen molar-refractivity contribution in [2.75, 3.05) is 0 Å². The average Bonchev–Trinajstić information content (AvgIpc) is 3.21. The molecule has 5 nitrogen and oxygen atoms in total. The first-order valence-electron chi connectivity index (χ1n) is 8.40. The fraction of sp³-hybridized carbons (Fsp3) is 0.0476. The molecular weight excluding hydrogens is 431 g/mol. The molecule has 8 heteroatoms. The van der Waals surface area contributed by atoms with Gasteiger partial charge in [0.25, 0.3) is 0 Å². The molecule has 1 unspecified atom stereocenters. The fourth-order valence-electron chi connectivity index (χ4n) is 3.06. The number of benzene rings is 2. The second-order valence-corrected chi connectivity index (χ2v) is 7.98. The maximum Gasteiger partial charge on any atom is 0.345 e. The van der Waals surface area contributed by atoms with Gasteiger partial charge >= 0.3 is 5.97 Å². The number of hydrogen-bond donors (Lipinski definition) is 1. The number of rotatable bonds is 3. The van der Waals surface area contributed by atoms with Gasteiger partial charge in [-0.3, -0.25) is 0 Å². The van der Waals surface area contributed by atoms with Crippen molar-refractivity contribution in [3.8, 4) is 17.6 Å². The van der Waals surface area contributed by atoms with Crippen LogP contribution in [-0.4, -0.2) is 5.97 Å². The number of ether oxygens (including phenoxy) is 2. The van der Waals surface area contributed by atoms with Crippen LogP contribution in [0.15, 0.2) is 65.4 Å². The molecule has 2 heterocycles. The zero-order valence-electron chi connectivity index (χ0n) is 14.7. The van der Waals surface area contributed by atoms with Gasteiger partial charge in [-0.05, 0) is 35.7 Å². The minimum absolute atomic E-state index is 0.0302. The van der Waals surface area contributed by atoms with Crippen molar-refractivity contribution in [3.05, 3.63) is 91.4 Å². The van der Waals surface area contributed by atoms with Crippen molar-refractivity contribution < 1.29 is 14.3 Å².